The van der Waals surface area contributed by atoms with Gasteiger partial charge in [-0.1, -0.05) is 6.92 Å². The Kier molecular flexibility index (Phi) is 3.25. The molecule has 0 unspecified atom stereocenters. The molecule has 130 valence electrons. The fraction of sp³-hybridized carbons (Fsp3) is 0.529. The molecule has 3 aromatic rings. The number of hydrogen-bond acceptors (Lipinski definition) is 5. The molecule has 0 saturated heterocycles. The van der Waals surface area contributed by atoms with E-state index in [0.717, 1.165) is 42.3 Å². The summed E-state index contributed by atoms with van der Waals surface area (Å²) in [6.45, 7) is 2.23. The summed E-state index contributed by atoms with van der Waals surface area (Å²) in [6, 6.07) is 0.277. The predicted molar refractivity (Wildman–Crippen MR) is 95.0 cm³/mol. The van der Waals surface area contributed by atoms with Gasteiger partial charge in [0.05, 0.1) is 5.39 Å². The molecular weight excluding hydrogens is 338 g/mol. The lowest BCUT2D eigenvalue weighted by Crippen LogP contribution is -2.33. The molecule has 0 aliphatic heterocycles. The number of hydrogen-bond donors (Lipinski definition) is 1. The van der Waals surface area contributed by atoms with Crippen molar-refractivity contribution < 1.29 is 4.79 Å². The highest BCUT2D eigenvalue weighted by Gasteiger charge is 2.26. The van der Waals surface area contributed by atoms with E-state index in [4.69, 9.17) is 0 Å². The standard InChI is InChI=1S/C17H19N5O2S/c1-9-2-5-11-12(6-9)25-16-14(11)15-20-22(17(24)21(15)8-18-16)7-13(23)19-10-3-4-10/h8-10H,2-7H2,1H3,(H,19,23)/t9-/m0/s1. The molecule has 1 N–H and O–H groups in total. The smallest absolute Gasteiger partial charge is 0.352 e. The highest BCUT2D eigenvalue weighted by molar-refractivity contribution is 7.19. The van der Waals surface area contributed by atoms with Crippen LogP contribution in [-0.2, 0) is 24.2 Å². The van der Waals surface area contributed by atoms with E-state index in [1.165, 1.54) is 25.9 Å². The van der Waals surface area contributed by atoms with Gasteiger partial charge in [0.15, 0.2) is 5.65 Å². The topological polar surface area (TPSA) is 81.3 Å². The highest BCUT2D eigenvalue weighted by atomic mass is 32.1. The monoisotopic (exact) mass is 357 g/mol. The molecule has 7 nitrogen and oxygen atoms in total. The van der Waals surface area contributed by atoms with Crippen molar-refractivity contribution in [2.24, 2.45) is 5.92 Å². The first kappa shape index (κ1) is 15.1. The molecule has 1 saturated carbocycles. The molecule has 0 aromatic carbocycles. The maximum Gasteiger partial charge on any atom is 0.352 e. The lowest BCUT2D eigenvalue weighted by Gasteiger charge is -2.17. The summed E-state index contributed by atoms with van der Waals surface area (Å²) in [5, 5.41) is 8.37. The van der Waals surface area contributed by atoms with E-state index in [-0.39, 0.29) is 24.2 Å². The SMILES string of the molecule is C[C@H]1CCc2c(sc3ncn4c(=O)n(CC(=O)NC5CC5)nc4c23)C1. The Bertz CT molecular complexity index is 1060. The molecule has 1 fully saturated rings. The van der Waals surface area contributed by atoms with E-state index < -0.39 is 0 Å². The maximum atomic E-state index is 12.6. The Balaban J connectivity index is 1.62. The molecule has 1 atom stereocenters. The van der Waals surface area contributed by atoms with Crippen LogP contribution in [-0.4, -0.2) is 31.1 Å². The molecule has 3 heterocycles. The van der Waals surface area contributed by atoms with E-state index in [1.54, 1.807) is 11.3 Å². The average molecular weight is 357 g/mol. The van der Waals surface area contributed by atoms with Crippen molar-refractivity contribution >= 4 is 33.1 Å². The van der Waals surface area contributed by atoms with Crippen LogP contribution >= 0.6 is 11.3 Å². The van der Waals surface area contributed by atoms with Gasteiger partial charge >= 0.3 is 5.69 Å². The summed E-state index contributed by atoms with van der Waals surface area (Å²) in [5.74, 6) is 0.529. The first-order chi connectivity index (χ1) is 12.1. The van der Waals surface area contributed by atoms with Crippen LogP contribution in [0.15, 0.2) is 11.1 Å². The third-order valence-electron chi connectivity index (χ3n) is 5.11. The lowest BCUT2D eigenvalue weighted by molar-refractivity contribution is -0.122. The Hall–Kier alpha value is -2.22. The van der Waals surface area contributed by atoms with Gasteiger partial charge in [-0.3, -0.25) is 4.79 Å². The van der Waals surface area contributed by atoms with Crippen LogP contribution in [0.5, 0.6) is 0 Å². The average Bonchev–Trinajstić information content (AvgIpc) is 3.22. The summed E-state index contributed by atoms with van der Waals surface area (Å²) < 4.78 is 2.72. The molecule has 5 rings (SSSR count). The lowest BCUT2D eigenvalue weighted by atomic mass is 9.89. The second kappa shape index (κ2) is 5.39. The van der Waals surface area contributed by atoms with Gasteiger partial charge in [-0.05, 0) is 43.6 Å². The molecular formula is C17H19N5O2S. The second-order valence-electron chi connectivity index (χ2n) is 7.25. The third kappa shape index (κ3) is 2.47. The minimum absolute atomic E-state index is 0.0398. The van der Waals surface area contributed by atoms with Gasteiger partial charge in [0.25, 0.3) is 0 Å². The fourth-order valence-corrected chi connectivity index (χ4v) is 4.95. The number of aryl methyl sites for hydroxylation is 1. The van der Waals surface area contributed by atoms with Crippen molar-refractivity contribution in [3.05, 3.63) is 27.3 Å². The van der Waals surface area contributed by atoms with Crippen LogP contribution in [0.3, 0.4) is 0 Å². The quantitative estimate of drug-likeness (QED) is 0.770. The van der Waals surface area contributed by atoms with Crippen LogP contribution < -0.4 is 11.0 Å². The van der Waals surface area contributed by atoms with Crippen molar-refractivity contribution in [1.82, 2.24) is 24.5 Å². The molecule has 8 heteroatoms. The Morgan fingerprint density at radius 2 is 2.24 bits per heavy atom. The second-order valence-corrected chi connectivity index (χ2v) is 8.34. The van der Waals surface area contributed by atoms with Crippen molar-refractivity contribution in [3.63, 3.8) is 0 Å². The summed E-state index contributed by atoms with van der Waals surface area (Å²) >= 11 is 1.71. The van der Waals surface area contributed by atoms with E-state index in [0.29, 0.717) is 11.6 Å². The number of nitrogens with zero attached hydrogens (tertiary/aromatic N) is 4. The predicted octanol–water partition coefficient (Wildman–Crippen LogP) is 1.51. The zero-order valence-corrected chi connectivity index (χ0v) is 14.8. The van der Waals surface area contributed by atoms with Crippen molar-refractivity contribution in [2.45, 2.75) is 51.6 Å². The van der Waals surface area contributed by atoms with Crippen LogP contribution in [0, 0.1) is 5.92 Å². The summed E-state index contributed by atoms with van der Waals surface area (Å²) in [6.07, 6.45) is 6.80. The van der Waals surface area contributed by atoms with Crippen LogP contribution in [0.2, 0.25) is 0 Å². The van der Waals surface area contributed by atoms with Gasteiger partial charge < -0.3 is 5.32 Å². The van der Waals surface area contributed by atoms with E-state index >= 15 is 0 Å². The van der Waals surface area contributed by atoms with E-state index in [1.807, 2.05) is 0 Å². The Morgan fingerprint density at radius 1 is 1.40 bits per heavy atom. The number of aromatic nitrogens is 4. The number of thiophene rings is 1. The largest absolute Gasteiger partial charge is 0.352 e. The van der Waals surface area contributed by atoms with E-state index in [2.05, 4.69) is 22.3 Å². The van der Waals surface area contributed by atoms with Gasteiger partial charge in [0.1, 0.15) is 17.7 Å². The van der Waals surface area contributed by atoms with Crippen molar-refractivity contribution in [3.8, 4) is 0 Å². The van der Waals surface area contributed by atoms with Crippen LogP contribution in [0.1, 0.15) is 36.6 Å². The molecule has 0 spiro atoms. The van der Waals surface area contributed by atoms with Crippen molar-refractivity contribution in [1.29, 1.82) is 0 Å². The van der Waals surface area contributed by atoms with Gasteiger partial charge in [-0.2, -0.15) is 0 Å². The summed E-state index contributed by atoms with van der Waals surface area (Å²) in [7, 11) is 0. The zero-order chi connectivity index (χ0) is 17.1. The summed E-state index contributed by atoms with van der Waals surface area (Å²) in [5.41, 5.74) is 1.61. The molecule has 0 radical (unpaired) electrons. The molecule has 25 heavy (non-hydrogen) atoms. The number of nitrogens with one attached hydrogen (secondary N) is 1. The number of carbonyl (C=O) groups is 1. The first-order valence-electron chi connectivity index (χ1n) is 8.78. The fourth-order valence-electron chi connectivity index (χ4n) is 3.60. The molecule has 2 aliphatic rings. The number of amides is 1. The minimum atomic E-state index is -0.306. The normalized spacial score (nSPS) is 20.1. The van der Waals surface area contributed by atoms with Crippen LogP contribution in [0.25, 0.3) is 15.9 Å². The molecule has 3 aromatic heterocycles. The summed E-state index contributed by atoms with van der Waals surface area (Å²) in [4.78, 5) is 31.4. The number of rotatable bonds is 3. The highest BCUT2D eigenvalue weighted by Crippen LogP contribution is 2.38. The molecule has 0 bridgehead atoms. The van der Waals surface area contributed by atoms with Gasteiger partial charge in [-0.25, -0.2) is 18.9 Å². The first-order valence-corrected chi connectivity index (χ1v) is 9.59. The van der Waals surface area contributed by atoms with Gasteiger partial charge in [0.2, 0.25) is 5.91 Å². The molecule has 1 amide bonds. The van der Waals surface area contributed by atoms with Gasteiger partial charge in [-0.15, -0.1) is 16.4 Å². The number of fused-ring (bicyclic) bond motifs is 5. The molecule has 2 aliphatic carbocycles. The zero-order valence-electron chi connectivity index (χ0n) is 14.0. The Morgan fingerprint density at radius 3 is 3.04 bits per heavy atom. The minimum Gasteiger partial charge on any atom is -0.352 e. The third-order valence-corrected chi connectivity index (χ3v) is 6.28. The Labute approximate surface area is 147 Å². The number of carbonyl (C=O) groups excluding carboxylic acids is 1. The van der Waals surface area contributed by atoms with E-state index in [9.17, 15) is 9.59 Å². The van der Waals surface area contributed by atoms with Crippen LogP contribution in [0.4, 0.5) is 0 Å². The maximum absolute atomic E-state index is 12.6. The van der Waals surface area contributed by atoms with Gasteiger partial charge in [0, 0.05) is 10.9 Å². The van der Waals surface area contributed by atoms with Crippen molar-refractivity contribution in [2.75, 3.05) is 0 Å².